The van der Waals surface area contributed by atoms with Crippen LogP contribution in [0.1, 0.15) is 34.6 Å². The molecule has 179 valence electrons. The third-order valence-corrected chi connectivity index (χ3v) is 6.25. The monoisotopic (exact) mass is 486 g/mol. The highest BCUT2D eigenvalue weighted by atomic mass is 31.1. The number of hydrogen-bond acceptors (Lipinski definition) is 9. The molecule has 1 saturated heterocycles. The van der Waals surface area contributed by atoms with E-state index in [2.05, 4.69) is 5.00 Å². The van der Waals surface area contributed by atoms with Crippen LogP contribution < -0.4 is 5.00 Å². The molecule has 1 fully saturated rings. The lowest BCUT2D eigenvalue weighted by Crippen LogP contribution is -2.43. The first-order valence-electron chi connectivity index (χ1n) is 10.7. The van der Waals surface area contributed by atoms with Crippen LogP contribution in [0.15, 0.2) is 60.7 Å². The van der Waals surface area contributed by atoms with Crippen LogP contribution in [0.4, 0.5) is 0 Å². The maximum absolute atomic E-state index is 12.9. The van der Waals surface area contributed by atoms with Gasteiger partial charge in [0.15, 0.2) is 12.2 Å². The lowest BCUT2D eigenvalue weighted by molar-refractivity contribution is -0.146. The lowest BCUT2D eigenvalue weighted by Gasteiger charge is -2.27. The normalized spacial score (nSPS) is 22.8. The molecule has 34 heavy (non-hydrogen) atoms. The predicted molar refractivity (Wildman–Crippen MR) is 125 cm³/mol. The van der Waals surface area contributed by atoms with Crippen LogP contribution in [-0.2, 0) is 23.7 Å². The first kappa shape index (κ1) is 25.8. The zero-order chi connectivity index (χ0) is 24.5. The van der Waals surface area contributed by atoms with Crippen molar-refractivity contribution in [2.24, 2.45) is 0 Å². The van der Waals surface area contributed by atoms with E-state index in [-0.39, 0.29) is 21.0 Å². The summed E-state index contributed by atoms with van der Waals surface area (Å²) < 4.78 is 22.8. The number of hydrogen-bond donors (Lipinski definition) is 2. The molecule has 2 unspecified atom stereocenters. The number of esters is 3. The number of benzene rings is 2. The summed E-state index contributed by atoms with van der Waals surface area (Å²) in [6.07, 6.45) is -3.58. The Morgan fingerprint density at radius 2 is 1.53 bits per heavy atom. The first-order valence-corrected chi connectivity index (χ1v) is 11.8. The number of rotatable bonds is 10. The topological polar surface area (TPSA) is 120 Å². The van der Waals surface area contributed by atoms with Gasteiger partial charge < -0.3 is 29.0 Å². The smallest absolute Gasteiger partial charge is 0.396 e. The van der Waals surface area contributed by atoms with Gasteiger partial charge in [0.05, 0.1) is 11.1 Å². The highest BCUT2D eigenvalue weighted by Crippen LogP contribution is 2.35. The van der Waals surface area contributed by atoms with Gasteiger partial charge in [-0.25, -0.2) is 9.59 Å². The van der Waals surface area contributed by atoms with Gasteiger partial charge in [-0.1, -0.05) is 52.1 Å². The summed E-state index contributed by atoms with van der Waals surface area (Å²) in [7, 11) is 0.832. The third kappa shape index (κ3) is 6.87. The Bertz CT molecular complexity index is 964. The van der Waals surface area contributed by atoms with Crippen LogP contribution in [0, 0.1) is 0 Å². The van der Waals surface area contributed by atoms with Crippen LogP contribution in [0.2, 0.25) is 0 Å². The molecule has 0 aliphatic carbocycles. The second kappa shape index (κ2) is 12.6. The van der Waals surface area contributed by atoms with E-state index in [0.29, 0.717) is 11.1 Å². The molecule has 2 aromatic rings. The Hall–Kier alpha value is -2.78. The second-order valence-electron chi connectivity index (χ2n) is 7.62. The van der Waals surface area contributed by atoms with Crippen molar-refractivity contribution in [2.75, 3.05) is 6.61 Å². The molecule has 1 aliphatic heterocycles. The quantitative estimate of drug-likeness (QED) is 0.225. The fraction of sp³-hybridized carbons (Fsp3) is 0.348. The minimum atomic E-state index is -1.03. The number of nitrogens with one attached hydrogen (secondary N) is 1. The minimum Gasteiger partial charge on any atom is -0.463 e. The first-order chi connectivity index (χ1) is 16.4. The molecule has 1 heterocycles. The molecule has 0 bridgehead atoms. The van der Waals surface area contributed by atoms with E-state index in [4.69, 9.17) is 24.0 Å². The molecular formula is C23H26BNO8P. The minimum absolute atomic E-state index is 0.0145. The molecule has 9 nitrogen and oxygen atoms in total. The van der Waals surface area contributed by atoms with Crippen molar-refractivity contribution in [1.29, 1.82) is 0 Å². The number of carbonyl (C=O) groups excluding carboxylic acids is 3. The third-order valence-electron chi connectivity index (χ3n) is 5.17. The molecule has 1 aliphatic rings. The maximum atomic E-state index is 12.9. The summed E-state index contributed by atoms with van der Waals surface area (Å²) in [6, 6.07) is 16.8. The van der Waals surface area contributed by atoms with Gasteiger partial charge in [0.1, 0.15) is 18.8 Å². The number of carbonyl (C=O) groups is 3. The standard InChI is InChI=1S/C23H26BNO8P/c1-14(34-25-24-29)19-21(33-23(28)17-11-7-4-8-12-17)20(18(31-19)13-30-15(2)26)32-22(27)16-9-5-3-6-10-16/h3-12,14,18-21,25,29,34H,13H2,1-2H3/t14-,18?,19-,20+,21-/m1/s1. The van der Waals surface area contributed by atoms with Crippen molar-refractivity contribution < 1.29 is 38.4 Å². The SMILES string of the molecule is CC(=O)OCC1O[C@H]([C@@H](C)PN[B]O)[C@@H](OC(=O)c2ccccc2)[C@H]1OC(=O)c1ccccc1. The van der Waals surface area contributed by atoms with E-state index in [1.165, 1.54) is 6.92 Å². The van der Waals surface area contributed by atoms with Gasteiger partial charge >= 0.3 is 25.5 Å². The molecule has 2 aromatic carbocycles. The summed E-state index contributed by atoms with van der Waals surface area (Å²) in [5, 5.41) is 9.03. The van der Waals surface area contributed by atoms with Crippen LogP contribution in [0.25, 0.3) is 0 Å². The van der Waals surface area contributed by atoms with Crippen molar-refractivity contribution in [3.63, 3.8) is 0 Å². The van der Waals surface area contributed by atoms with Crippen molar-refractivity contribution in [3.05, 3.63) is 71.8 Å². The molecule has 0 amide bonds. The molecular weight excluding hydrogens is 460 g/mol. The zero-order valence-corrected chi connectivity index (χ0v) is 19.7. The van der Waals surface area contributed by atoms with Gasteiger partial charge in [0.2, 0.25) is 0 Å². The van der Waals surface area contributed by atoms with Crippen molar-refractivity contribution in [2.45, 2.75) is 43.9 Å². The highest BCUT2D eigenvalue weighted by Gasteiger charge is 2.51. The Morgan fingerprint density at radius 1 is 1.00 bits per heavy atom. The average Bonchev–Trinajstić information content (AvgIpc) is 3.19. The maximum Gasteiger partial charge on any atom is 0.396 e. The Labute approximate surface area is 200 Å². The molecule has 1 radical (unpaired) electrons. The molecule has 0 aromatic heterocycles. The van der Waals surface area contributed by atoms with Gasteiger partial charge in [-0.15, -0.1) is 0 Å². The molecule has 0 spiro atoms. The van der Waals surface area contributed by atoms with Gasteiger partial charge in [0.25, 0.3) is 0 Å². The van der Waals surface area contributed by atoms with Gasteiger partial charge in [0, 0.05) is 12.6 Å². The van der Waals surface area contributed by atoms with Gasteiger partial charge in [-0.3, -0.25) is 4.79 Å². The summed E-state index contributed by atoms with van der Waals surface area (Å²) in [4.78, 5) is 39.9. The summed E-state index contributed by atoms with van der Waals surface area (Å²) in [5.74, 6) is -1.75. The summed E-state index contributed by atoms with van der Waals surface area (Å²) >= 11 is 0. The molecule has 6 atom stereocenters. The van der Waals surface area contributed by atoms with E-state index in [1.807, 2.05) is 6.92 Å². The van der Waals surface area contributed by atoms with E-state index in [9.17, 15) is 14.4 Å². The Morgan fingerprint density at radius 3 is 2.03 bits per heavy atom. The van der Waals surface area contributed by atoms with Crippen LogP contribution in [0.3, 0.4) is 0 Å². The fourth-order valence-corrected chi connectivity index (χ4v) is 4.32. The molecule has 2 N–H and O–H groups in total. The van der Waals surface area contributed by atoms with Crippen molar-refractivity contribution in [3.8, 4) is 0 Å². The summed E-state index contributed by atoms with van der Waals surface area (Å²) in [5.41, 5.74) is 0.392. The Balaban J connectivity index is 1.89. The average molecular weight is 486 g/mol. The van der Waals surface area contributed by atoms with Crippen molar-refractivity contribution >= 4 is 34.3 Å². The molecule has 11 heteroatoms. The molecule has 3 rings (SSSR count). The fourth-order valence-electron chi connectivity index (χ4n) is 3.55. The van der Waals surface area contributed by atoms with Gasteiger partial charge in [-0.05, 0) is 24.3 Å². The zero-order valence-electron chi connectivity index (χ0n) is 18.7. The van der Waals surface area contributed by atoms with E-state index < -0.39 is 42.3 Å². The second-order valence-corrected chi connectivity index (χ2v) is 9.11. The highest BCUT2D eigenvalue weighted by molar-refractivity contribution is 7.38. The Kier molecular flexibility index (Phi) is 9.59. The lowest BCUT2D eigenvalue weighted by atomic mass is 10.0. The van der Waals surface area contributed by atoms with Crippen LogP contribution in [-0.4, -0.2) is 67.2 Å². The largest absolute Gasteiger partial charge is 0.463 e. The predicted octanol–water partition coefficient (Wildman–Crippen LogP) is 1.87. The van der Waals surface area contributed by atoms with Crippen molar-refractivity contribution in [1.82, 2.24) is 5.00 Å². The van der Waals surface area contributed by atoms with Crippen LogP contribution >= 0.6 is 8.73 Å². The number of ether oxygens (including phenoxy) is 4. The van der Waals surface area contributed by atoms with E-state index in [1.54, 1.807) is 60.7 Å². The molecule has 0 saturated carbocycles. The van der Waals surface area contributed by atoms with Gasteiger partial charge in [-0.2, -0.15) is 0 Å². The van der Waals surface area contributed by atoms with Crippen LogP contribution in [0.5, 0.6) is 0 Å². The van der Waals surface area contributed by atoms with E-state index >= 15 is 0 Å². The summed E-state index contributed by atoms with van der Waals surface area (Å²) in [6.45, 7) is 2.91. The van der Waals surface area contributed by atoms with E-state index in [0.717, 1.165) is 7.62 Å².